The average molecular weight is 346 g/mol. The molecule has 0 aliphatic carbocycles. The minimum atomic E-state index is 0.500. The Morgan fingerprint density at radius 1 is 1.31 bits per heavy atom. The molecule has 1 N–H and O–H groups in total. The van der Waals surface area contributed by atoms with Crippen LogP contribution in [0.15, 0.2) is 36.8 Å². The van der Waals surface area contributed by atoms with E-state index in [1.807, 2.05) is 18.5 Å². The first-order valence-electron chi connectivity index (χ1n) is 8.69. The highest BCUT2D eigenvalue weighted by molar-refractivity contribution is 5.75. The molecule has 0 amide bonds. The second-order valence-corrected chi connectivity index (χ2v) is 6.81. The van der Waals surface area contributed by atoms with Crippen LogP contribution in [-0.2, 0) is 0 Å². The summed E-state index contributed by atoms with van der Waals surface area (Å²) in [5.41, 5.74) is 3.12. The maximum Gasteiger partial charge on any atom is 0.146 e. The number of ether oxygens (including phenoxy) is 1. The zero-order chi connectivity index (χ0) is 17.7. The molecule has 0 aromatic carbocycles. The summed E-state index contributed by atoms with van der Waals surface area (Å²) >= 11 is 0. The van der Waals surface area contributed by atoms with Gasteiger partial charge >= 0.3 is 0 Å². The van der Waals surface area contributed by atoms with E-state index in [0.29, 0.717) is 28.9 Å². The summed E-state index contributed by atoms with van der Waals surface area (Å²) in [7, 11) is 1.60. The summed E-state index contributed by atoms with van der Waals surface area (Å²) in [6.07, 6.45) is 6.55. The van der Waals surface area contributed by atoms with E-state index in [4.69, 9.17) is 4.74 Å². The van der Waals surface area contributed by atoms with Gasteiger partial charge in [-0.25, -0.2) is 9.50 Å². The molecule has 2 fully saturated rings. The van der Waals surface area contributed by atoms with Gasteiger partial charge in [0.05, 0.1) is 13.3 Å². The van der Waals surface area contributed by atoms with Gasteiger partial charge in [0, 0.05) is 48.7 Å². The van der Waals surface area contributed by atoms with Crippen LogP contribution in [-0.4, -0.2) is 46.9 Å². The molecule has 0 radical (unpaired) electrons. The number of fused-ring (bicyclic) bond motifs is 3. The Morgan fingerprint density at radius 3 is 2.88 bits per heavy atom. The summed E-state index contributed by atoms with van der Waals surface area (Å²) in [5, 5.41) is 17.0. The standard InChI is InChI=1S/C19H18N6O/c1-26-17-4-13(10-25-19(17)14(6-20)8-23-25)12-2-3-18(22-7-12)24-11-15-5-16(24)9-21-15/h2-4,7-8,10,15-16,21H,5,9,11H2,1H3/t15-,16-/m1/s1. The number of hydrogen-bond donors (Lipinski definition) is 1. The van der Waals surface area contributed by atoms with Crippen molar-refractivity contribution in [1.82, 2.24) is 19.9 Å². The van der Waals surface area contributed by atoms with E-state index >= 15 is 0 Å². The molecule has 0 saturated carbocycles. The number of rotatable bonds is 3. The largest absolute Gasteiger partial charge is 0.494 e. The molecule has 2 bridgehead atoms. The summed E-state index contributed by atoms with van der Waals surface area (Å²) in [4.78, 5) is 7.08. The van der Waals surface area contributed by atoms with E-state index in [1.165, 1.54) is 6.42 Å². The Kier molecular flexibility index (Phi) is 3.33. The summed E-state index contributed by atoms with van der Waals surface area (Å²) < 4.78 is 7.17. The molecule has 7 nitrogen and oxygen atoms in total. The lowest BCUT2D eigenvalue weighted by Gasteiger charge is -2.28. The van der Waals surface area contributed by atoms with Gasteiger partial charge in [0.2, 0.25) is 0 Å². The molecule has 0 unspecified atom stereocenters. The quantitative estimate of drug-likeness (QED) is 0.779. The summed E-state index contributed by atoms with van der Waals surface area (Å²) in [6.45, 7) is 2.07. The van der Waals surface area contributed by atoms with Crippen LogP contribution < -0.4 is 15.0 Å². The highest BCUT2D eigenvalue weighted by Gasteiger charge is 2.38. The van der Waals surface area contributed by atoms with Crippen LogP contribution >= 0.6 is 0 Å². The van der Waals surface area contributed by atoms with Gasteiger partial charge in [-0.15, -0.1) is 0 Å². The van der Waals surface area contributed by atoms with Crippen LogP contribution in [0.2, 0.25) is 0 Å². The second-order valence-electron chi connectivity index (χ2n) is 6.81. The van der Waals surface area contributed by atoms with E-state index < -0.39 is 0 Å². The molecular weight excluding hydrogens is 328 g/mol. The lowest BCUT2D eigenvalue weighted by atomic mass is 10.1. The third-order valence-corrected chi connectivity index (χ3v) is 5.35. The number of nitrogens with zero attached hydrogens (tertiary/aromatic N) is 5. The van der Waals surface area contributed by atoms with E-state index in [9.17, 15) is 5.26 Å². The van der Waals surface area contributed by atoms with E-state index in [2.05, 4.69) is 38.5 Å². The maximum absolute atomic E-state index is 9.23. The Balaban J connectivity index is 1.51. The van der Waals surface area contributed by atoms with Crippen LogP contribution in [0.4, 0.5) is 5.82 Å². The van der Waals surface area contributed by atoms with Gasteiger partial charge in [-0.2, -0.15) is 10.4 Å². The number of methoxy groups -OCH3 is 1. The van der Waals surface area contributed by atoms with Gasteiger partial charge < -0.3 is 15.0 Å². The molecule has 26 heavy (non-hydrogen) atoms. The molecule has 2 atom stereocenters. The van der Waals surface area contributed by atoms with Crippen LogP contribution in [0.5, 0.6) is 5.75 Å². The smallest absolute Gasteiger partial charge is 0.146 e. The molecule has 3 aromatic heterocycles. The highest BCUT2D eigenvalue weighted by atomic mass is 16.5. The molecule has 0 spiro atoms. The van der Waals surface area contributed by atoms with Crippen molar-refractivity contribution in [3.63, 3.8) is 0 Å². The second kappa shape index (κ2) is 5.71. The lowest BCUT2D eigenvalue weighted by Crippen LogP contribution is -2.43. The Labute approximate surface area is 150 Å². The number of nitrogens with one attached hydrogen (secondary N) is 1. The zero-order valence-electron chi connectivity index (χ0n) is 14.4. The normalized spacial score (nSPS) is 21.3. The molecule has 5 rings (SSSR count). The molecule has 7 heteroatoms. The maximum atomic E-state index is 9.23. The van der Waals surface area contributed by atoms with Gasteiger partial charge in [-0.1, -0.05) is 0 Å². The predicted molar refractivity (Wildman–Crippen MR) is 97.2 cm³/mol. The first-order chi connectivity index (χ1) is 12.8. The van der Waals surface area contributed by atoms with Gasteiger partial charge in [0.15, 0.2) is 0 Å². The van der Waals surface area contributed by atoms with Crippen molar-refractivity contribution in [2.45, 2.75) is 18.5 Å². The van der Waals surface area contributed by atoms with E-state index in [0.717, 1.165) is 30.0 Å². The van der Waals surface area contributed by atoms with Crippen LogP contribution in [0.25, 0.3) is 16.6 Å². The van der Waals surface area contributed by atoms with Crippen molar-refractivity contribution in [2.24, 2.45) is 0 Å². The van der Waals surface area contributed by atoms with Gasteiger partial charge in [0.25, 0.3) is 0 Å². The predicted octanol–water partition coefficient (Wildman–Crippen LogP) is 1.83. The SMILES string of the molecule is COc1cc(-c2ccc(N3C[C@H]4C[C@@H]3CN4)nc2)cn2ncc(C#N)c12. The molecule has 2 aliphatic heterocycles. The zero-order valence-corrected chi connectivity index (χ0v) is 14.4. The lowest BCUT2D eigenvalue weighted by molar-refractivity contribution is 0.417. The molecule has 5 heterocycles. The summed E-state index contributed by atoms with van der Waals surface area (Å²) in [6, 6.07) is 9.39. The number of anilines is 1. The molecule has 3 aromatic rings. The Bertz CT molecular complexity index is 1020. The summed E-state index contributed by atoms with van der Waals surface area (Å²) in [5.74, 6) is 1.66. The van der Waals surface area contributed by atoms with Crippen molar-refractivity contribution < 1.29 is 4.74 Å². The third kappa shape index (κ3) is 2.23. The number of pyridine rings is 2. The average Bonchev–Trinajstić information content (AvgIpc) is 3.42. The third-order valence-electron chi connectivity index (χ3n) is 5.35. The number of hydrogen-bond acceptors (Lipinski definition) is 6. The van der Waals surface area contributed by atoms with Gasteiger partial charge in [0.1, 0.15) is 28.7 Å². The van der Waals surface area contributed by atoms with Crippen molar-refractivity contribution in [3.05, 3.63) is 42.4 Å². The highest BCUT2D eigenvalue weighted by Crippen LogP contribution is 2.32. The minimum Gasteiger partial charge on any atom is -0.494 e. The Morgan fingerprint density at radius 2 is 2.23 bits per heavy atom. The van der Waals surface area contributed by atoms with Crippen molar-refractivity contribution >= 4 is 11.3 Å². The molecule has 130 valence electrons. The molecular formula is C19H18N6O. The minimum absolute atomic E-state index is 0.500. The number of aromatic nitrogens is 3. The fourth-order valence-electron chi connectivity index (χ4n) is 4.05. The van der Waals surface area contributed by atoms with Crippen molar-refractivity contribution in [3.8, 4) is 22.9 Å². The topological polar surface area (TPSA) is 78.5 Å². The van der Waals surface area contributed by atoms with Crippen LogP contribution in [0.1, 0.15) is 12.0 Å². The molecule has 2 aliphatic rings. The van der Waals surface area contributed by atoms with Crippen LogP contribution in [0, 0.1) is 11.3 Å². The Hall–Kier alpha value is -3.11. The fraction of sp³-hybridized carbons (Fsp3) is 0.316. The van der Waals surface area contributed by atoms with Crippen molar-refractivity contribution in [2.75, 3.05) is 25.1 Å². The van der Waals surface area contributed by atoms with Gasteiger partial charge in [-0.3, -0.25) is 0 Å². The monoisotopic (exact) mass is 346 g/mol. The van der Waals surface area contributed by atoms with Crippen LogP contribution in [0.3, 0.4) is 0 Å². The number of piperazine rings is 1. The van der Waals surface area contributed by atoms with E-state index in [-0.39, 0.29) is 0 Å². The van der Waals surface area contributed by atoms with Gasteiger partial charge in [-0.05, 0) is 24.6 Å². The molecule has 2 saturated heterocycles. The first-order valence-corrected chi connectivity index (χ1v) is 8.69. The van der Waals surface area contributed by atoms with E-state index in [1.54, 1.807) is 17.8 Å². The number of nitriles is 1. The first kappa shape index (κ1) is 15.2. The van der Waals surface area contributed by atoms with Crippen molar-refractivity contribution in [1.29, 1.82) is 5.26 Å². The fourth-order valence-corrected chi connectivity index (χ4v) is 4.05.